The molecule has 0 radical (unpaired) electrons. The van der Waals surface area contributed by atoms with E-state index in [0.717, 1.165) is 10.6 Å². The van der Waals surface area contributed by atoms with Crippen LogP contribution in [0.1, 0.15) is 62.4 Å². The van der Waals surface area contributed by atoms with Gasteiger partial charge in [0.05, 0.1) is 18.4 Å². The molecule has 1 aromatic rings. The maximum atomic E-state index is 13.6. The zero-order chi connectivity index (χ0) is 27.0. The van der Waals surface area contributed by atoms with Crippen LogP contribution in [0, 0.1) is 22.7 Å². The molecule has 5 atom stereocenters. The van der Waals surface area contributed by atoms with Gasteiger partial charge in [-0.05, 0) is 43.4 Å². The average molecular weight is 535 g/mol. The number of likely N-dealkylation sites (tertiary alicyclic amines) is 1. The highest BCUT2D eigenvalue weighted by Gasteiger charge is 2.59. The van der Waals surface area contributed by atoms with Crippen molar-refractivity contribution in [1.82, 2.24) is 9.88 Å². The second kappa shape index (κ2) is 10.7. The fraction of sp³-hybridized carbons (Fsp3) is 0.692. The van der Waals surface area contributed by atoms with Crippen LogP contribution in [0.4, 0.5) is 9.93 Å². The number of amides is 3. The van der Waals surface area contributed by atoms with Gasteiger partial charge in [0.1, 0.15) is 6.61 Å². The molecule has 0 aromatic carbocycles. The van der Waals surface area contributed by atoms with Crippen molar-refractivity contribution in [1.29, 1.82) is 0 Å². The van der Waals surface area contributed by atoms with E-state index in [1.54, 1.807) is 4.90 Å². The SMILES string of the molecule is C=CCOC(=O)Nc1nc2c(s1)CC1C(C)(CO)C(O)CCC1(C)C2CC(=O)N1CCC(C(N)=O)CC1. The smallest absolute Gasteiger partial charge is 0.413 e. The number of nitrogens with two attached hydrogens (primary N) is 1. The number of piperidine rings is 1. The van der Waals surface area contributed by atoms with E-state index in [9.17, 15) is 24.6 Å². The van der Waals surface area contributed by atoms with Gasteiger partial charge in [-0.2, -0.15) is 0 Å². The molecule has 1 saturated carbocycles. The molecule has 5 unspecified atom stereocenters. The first-order chi connectivity index (χ1) is 17.5. The fourth-order valence-electron chi connectivity index (χ4n) is 6.67. The van der Waals surface area contributed by atoms with E-state index >= 15 is 0 Å². The number of aromatic nitrogens is 1. The van der Waals surface area contributed by atoms with Crippen LogP contribution in [0.15, 0.2) is 12.7 Å². The number of aliphatic hydroxyl groups excluding tert-OH is 2. The standard InChI is InChI=1S/C26H38N4O6S/c1-4-11-36-24(35)29-23-28-21-16(12-20(33)30-9-6-15(7-10-30)22(27)34)25(2)8-5-19(32)26(3,14-31)18(25)13-17(21)37-23/h4,15-16,18-19,31-32H,1,5-14H2,2-3H3,(H2,27,34)(H,28,29,35). The molecule has 2 aliphatic carbocycles. The van der Waals surface area contributed by atoms with Crippen LogP contribution in [0.2, 0.25) is 0 Å². The van der Waals surface area contributed by atoms with Crippen LogP contribution >= 0.6 is 11.3 Å². The summed E-state index contributed by atoms with van der Waals surface area (Å²) >= 11 is 1.35. The summed E-state index contributed by atoms with van der Waals surface area (Å²) in [7, 11) is 0. The van der Waals surface area contributed by atoms with Crippen molar-refractivity contribution in [2.24, 2.45) is 28.4 Å². The first-order valence-electron chi connectivity index (χ1n) is 12.9. The highest BCUT2D eigenvalue weighted by molar-refractivity contribution is 7.15. The Morgan fingerprint density at radius 2 is 2.00 bits per heavy atom. The molecule has 5 N–H and O–H groups in total. The van der Waals surface area contributed by atoms with E-state index < -0.39 is 17.6 Å². The average Bonchev–Trinajstić information content (AvgIpc) is 3.28. The fourth-order valence-corrected chi connectivity index (χ4v) is 7.73. The first-order valence-corrected chi connectivity index (χ1v) is 13.8. The van der Waals surface area contributed by atoms with Gasteiger partial charge in [-0.1, -0.05) is 26.5 Å². The van der Waals surface area contributed by atoms with Crippen LogP contribution in [0.3, 0.4) is 0 Å². The minimum atomic E-state index is -0.730. The zero-order valence-corrected chi connectivity index (χ0v) is 22.4. The van der Waals surface area contributed by atoms with Gasteiger partial charge in [-0.3, -0.25) is 14.9 Å². The predicted octanol–water partition coefficient (Wildman–Crippen LogP) is 2.41. The number of primary amides is 1. The quantitative estimate of drug-likeness (QED) is 0.392. The number of nitrogens with one attached hydrogen (secondary N) is 1. The zero-order valence-electron chi connectivity index (χ0n) is 21.6. The molecule has 4 rings (SSSR count). The van der Waals surface area contributed by atoms with Crippen LogP contribution in [0.5, 0.6) is 0 Å². The molecular weight excluding hydrogens is 496 g/mol. The third kappa shape index (κ3) is 5.13. The van der Waals surface area contributed by atoms with Gasteiger partial charge in [-0.15, -0.1) is 11.3 Å². The van der Waals surface area contributed by atoms with Gasteiger partial charge < -0.3 is 25.6 Å². The number of aliphatic hydroxyl groups is 2. The van der Waals surface area contributed by atoms with Gasteiger partial charge in [0.2, 0.25) is 11.8 Å². The Hall–Kier alpha value is -2.50. The maximum absolute atomic E-state index is 13.6. The first kappa shape index (κ1) is 27.5. The summed E-state index contributed by atoms with van der Waals surface area (Å²) in [6, 6.07) is 0. The Bertz CT molecular complexity index is 1050. The summed E-state index contributed by atoms with van der Waals surface area (Å²) in [4.78, 5) is 44.8. The molecule has 3 amide bonds. The van der Waals surface area contributed by atoms with Gasteiger partial charge in [0.15, 0.2) is 5.13 Å². The van der Waals surface area contributed by atoms with Gasteiger partial charge in [-0.25, -0.2) is 9.78 Å². The predicted molar refractivity (Wildman–Crippen MR) is 139 cm³/mol. The molecular formula is C26H38N4O6S. The third-order valence-corrected chi connectivity index (χ3v) is 10.1. The molecule has 1 aliphatic heterocycles. The second-order valence-corrected chi connectivity index (χ2v) is 12.2. The topological polar surface area (TPSA) is 155 Å². The van der Waals surface area contributed by atoms with E-state index in [1.165, 1.54) is 17.4 Å². The van der Waals surface area contributed by atoms with Crippen LogP contribution in [-0.4, -0.2) is 70.4 Å². The molecule has 204 valence electrons. The lowest BCUT2D eigenvalue weighted by molar-refractivity contribution is -0.148. The van der Waals surface area contributed by atoms with E-state index in [4.69, 9.17) is 15.5 Å². The summed E-state index contributed by atoms with van der Waals surface area (Å²) in [5.74, 6) is -0.869. The monoisotopic (exact) mass is 534 g/mol. The molecule has 2 fully saturated rings. The van der Waals surface area contributed by atoms with Gasteiger partial charge in [0.25, 0.3) is 0 Å². The Balaban J connectivity index is 1.64. The molecule has 37 heavy (non-hydrogen) atoms. The highest BCUT2D eigenvalue weighted by atomic mass is 32.1. The van der Waals surface area contributed by atoms with Crippen molar-refractivity contribution >= 4 is 34.4 Å². The molecule has 0 spiro atoms. The minimum Gasteiger partial charge on any atom is -0.445 e. The largest absolute Gasteiger partial charge is 0.445 e. The number of nitrogens with zero attached hydrogens (tertiary/aromatic N) is 2. The molecule has 0 bridgehead atoms. The number of anilines is 1. The van der Waals surface area contributed by atoms with E-state index in [-0.39, 0.29) is 54.6 Å². The lowest BCUT2D eigenvalue weighted by Crippen LogP contribution is -2.58. The number of hydrogen-bond donors (Lipinski definition) is 4. The van der Waals surface area contributed by atoms with E-state index in [0.29, 0.717) is 50.3 Å². The summed E-state index contributed by atoms with van der Waals surface area (Å²) in [6.45, 7) is 8.49. The van der Waals surface area contributed by atoms with E-state index in [2.05, 4.69) is 18.8 Å². The molecule has 1 saturated heterocycles. The van der Waals surface area contributed by atoms with Crippen LogP contribution in [-0.2, 0) is 20.7 Å². The van der Waals surface area contributed by atoms with Gasteiger partial charge in [0, 0.05) is 41.6 Å². The van der Waals surface area contributed by atoms with E-state index in [1.807, 2.05) is 6.92 Å². The Kier molecular flexibility index (Phi) is 7.96. The Morgan fingerprint density at radius 3 is 2.62 bits per heavy atom. The second-order valence-electron chi connectivity index (χ2n) is 11.1. The lowest BCUT2D eigenvalue weighted by Gasteiger charge is -2.58. The molecule has 2 heterocycles. The molecule has 1 aromatic heterocycles. The van der Waals surface area contributed by atoms with Crippen molar-refractivity contribution in [3.8, 4) is 0 Å². The summed E-state index contributed by atoms with van der Waals surface area (Å²) < 4.78 is 5.04. The molecule has 3 aliphatic rings. The molecule has 11 heteroatoms. The van der Waals surface area contributed by atoms with Crippen molar-refractivity contribution < 1.29 is 29.3 Å². The number of carbonyl (C=O) groups excluding carboxylic acids is 3. The van der Waals surface area contributed by atoms with Crippen LogP contribution < -0.4 is 11.1 Å². The summed E-state index contributed by atoms with van der Waals surface area (Å²) in [5.41, 5.74) is 5.13. The number of fused-ring (bicyclic) bond motifs is 2. The third-order valence-electron chi connectivity index (χ3n) is 9.06. The number of ether oxygens (including phenoxy) is 1. The van der Waals surface area contributed by atoms with Crippen molar-refractivity contribution in [3.63, 3.8) is 0 Å². The maximum Gasteiger partial charge on any atom is 0.413 e. The Labute approximate surface area is 221 Å². The summed E-state index contributed by atoms with van der Waals surface area (Å²) in [5, 5.41) is 24.4. The summed E-state index contributed by atoms with van der Waals surface area (Å²) in [6.07, 6.45) is 3.35. The Morgan fingerprint density at radius 1 is 1.30 bits per heavy atom. The van der Waals surface area contributed by atoms with Crippen molar-refractivity contribution in [2.75, 3.05) is 31.6 Å². The number of rotatable bonds is 7. The lowest BCUT2D eigenvalue weighted by atomic mass is 9.47. The number of thiazole rings is 1. The number of carbonyl (C=O) groups is 3. The van der Waals surface area contributed by atoms with Crippen LogP contribution in [0.25, 0.3) is 0 Å². The minimum absolute atomic E-state index is 0.00882. The van der Waals surface area contributed by atoms with Crippen molar-refractivity contribution in [3.05, 3.63) is 23.2 Å². The number of hydrogen-bond acceptors (Lipinski definition) is 8. The normalized spacial score (nSPS) is 31.7. The molecule has 10 nitrogen and oxygen atoms in total. The highest BCUT2D eigenvalue weighted by Crippen LogP contribution is 2.63. The van der Waals surface area contributed by atoms with Crippen molar-refractivity contribution in [2.45, 2.75) is 64.4 Å². The van der Waals surface area contributed by atoms with Gasteiger partial charge >= 0.3 is 6.09 Å².